The Labute approximate surface area is 99.8 Å². The van der Waals surface area contributed by atoms with E-state index in [-0.39, 0.29) is 5.97 Å². The van der Waals surface area contributed by atoms with E-state index >= 15 is 0 Å². The first-order valence-corrected chi connectivity index (χ1v) is 6.33. The minimum absolute atomic E-state index is 0.202. The van der Waals surface area contributed by atoms with Crippen LogP contribution in [0.1, 0.15) is 40.9 Å². The summed E-state index contributed by atoms with van der Waals surface area (Å²) in [5.74, 6) is -0.202. The van der Waals surface area contributed by atoms with Crippen LogP contribution in [0.25, 0.3) is 0 Å². The molecule has 88 valence electrons. The minimum atomic E-state index is -0.417. The van der Waals surface area contributed by atoms with E-state index < -0.39 is 5.60 Å². The molecular formula is C12H17NO2S. The van der Waals surface area contributed by atoms with Crippen molar-refractivity contribution in [2.24, 2.45) is 0 Å². The van der Waals surface area contributed by atoms with Gasteiger partial charge in [0.2, 0.25) is 0 Å². The maximum Gasteiger partial charge on any atom is 0.348 e. The Morgan fingerprint density at radius 1 is 1.50 bits per heavy atom. The number of fused-ring (bicyclic) bond motifs is 1. The second kappa shape index (κ2) is 4.18. The van der Waals surface area contributed by atoms with Gasteiger partial charge in [-0.15, -0.1) is 11.3 Å². The molecule has 2 rings (SSSR count). The van der Waals surface area contributed by atoms with Crippen LogP contribution in [-0.2, 0) is 17.7 Å². The highest BCUT2D eigenvalue weighted by atomic mass is 32.1. The van der Waals surface area contributed by atoms with Crippen molar-refractivity contribution in [2.75, 3.05) is 6.54 Å². The molecule has 3 nitrogen and oxygen atoms in total. The van der Waals surface area contributed by atoms with Crippen LogP contribution in [0.2, 0.25) is 0 Å². The Balaban J connectivity index is 2.15. The zero-order chi connectivity index (χ0) is 11.8. The average Bonchev–Trinajstić information content (AvgIpc) is 2.58. The summed E-state index contributed by atoms with van der Waals surface area (Å²) < 4.78 is 5.35. The number of hydrogen-bond acceptors (Lipinski definition) is 4. The van der Waals surface area contributed by atoms with Gasteiger partial charge < -0.3 is 10.1 Å². The SMILES string of the molecule is CC(C)(C)OC(=O)c1cc2c(s1)CNCC2. The molecule has 1 aliphatic rings. The molecule has 4 heteroatoms. The molecule has 1 aromatic rings. The Hall–Kier alpha value is -0.870. The van der Waals surface area contributed by atoms with Gasteiger partial charge in [-0.2, -0.15) is 0 Å². The molecular weight excluding hydrogens is 222 g/mol. The van der Waals surface area contributed by atoms with Crippen LogP contribution in [0.4, 0.5) is 0 Å². The molecule has 1 N–H and O–H groups in total. The Morgan fingerprint density at radius 3 is 2.88 bits per heavy atom. The number of hydrogen-bond donors (Lipinski definition) is 1. The molecule has 0 saturated carbocycles. The summed E-state index contributed by atoms with van der Waals surface area (Å²) in [6.07, 6.45) is 1.01. The lowest BCUT2D eigenvalue weighted by atomic mass is 10.1. The first kappa shape index (κ1) is 11.6. The molecule has 0 bridgehead atoms. The summed E-state index contributed by atoms with van der Waals surface area (Å²) in [5.41, 5.74) is 0.879. The van der Waals surface area contributed by atoms with E-state index in [1.807, 2.05) is 26.8 Å². The van der Waals surface area contributed by atoms with Gasteiger partial charge in [0.05, 0.1) is 0 Å². The van der Waals surface area contributed by atoms with Crippen LogP contribution >= 0.6 is 11.3 Å². The number of rotatable bonds is 1. The van der Waals surface area contributed by atoms with Crippen molar-refractivity contribution in [1.82, 2.24) is 5.32 Å². The molecule has 0 aliphatic carbocycles. The van der Waals surface area contributed by atoms with Gasteiger partial charge in [0.25, 0.3) is 0 Å². The summed E-state index contributed by atoms with van der Waals surface area (Å²) in [6.45, 7) is 7.54. The maximum atomic E-state index is 11.8. The third-order valence-corrected chi connectivity index (χ3v) is 3.51. The lowest BCUT2D eigenvalue weighted by Crippen LogP contribution is -2.23. The first-order chi connectivity index (χ1) is 7.46. The molecule has 0 spiro atoms. The van der Waals surface area contributed by atoms with Gasteiger partial charge in [-0.25, -0.2) is 4.79 Å². The Morgan fingerprint density at radius 2 is 2.25 bits per heavy atom. The van der Waals surface area contributed by atoms with Gasteiger partial charge in [0, 0.05) is 11.4 Å². The van der Waals surface area contributed by atoms with Crippen LogP contribution in [0.3, 0.4) is 0 Å². The van der Waals surface area contributed by atoms with Crippen molar-refractivity contribution in [3.63, 3.8) is 0 Å². The summed E-state index contributed by atoms with van der Waals surface area (Å²) in [4.78, 5) is 13.8. The quantitative estimate of drug-likeness (QED) is 0.764. The van der Waals surface area contributed by atoms with Crippen LogP contribution in [0, 0.1) is 0 Å². The third kappa shape index (κ3) is 2.62. The van der Waals surface area contributed by atoms with Crippen molar-refractivity contribution in [3.8, 4) is 0 Å². The largest absolute Gasteiger partial charge is 0.456 e. The lowest BCUT2D eigenvalue weighted by Gasteiger charge is -2.18. The van der Waals surface area contributed by atoms with Crippen LogP contribution < -0.4 is 5.32 Å². The zero-order valence-corrected chi connectivity index (χ0v) is 10.7. The van der Waals surface area contributed by atoms with Crippen molar-refractivity contribution >= 4 is 17.3 Å². The third-order valence-electron chi connectivity index (χ3n) is 2.35. The topological polar surface area (TPSA) is 38.3 Å². The number of esters is 1. The minimum Gasteiger partial charge on any atom is -0.456 e. The molecule has 1 aliphatic heterocycles. The van der Waals surface area contributed by atoms with E-state index in [1.165, 1.54) is 10.4 Å². The molecule has 0 saturated heterocycles. The molecule has 16 heavy (non-hydrogen) atoms. The van der Waals surface area contributed by atoms with Gasteiger partial charge in [-0.05, 0) is 45.4 Å². The Kier molecular flexibility index (Phi) is 3.04. The molecule has 2 heterocycles. The van der Waals surface area contributed by atoms with E-state index in [1.54, 1.807) is 11.3 Å². The van der Waals surface area contributed by atoms with Crippen LogP contribution in [0.15, 0.2) is 6.07 Å². The standard InChI is InChI=1S/C12H17NO2S/c1-12(2,3)15-11(14)9-6-8-4-5-13-7-10(8)16-9/h6,13H,4-5,7H2,1-3H3. The predicted octanol–water partition coefficient (Wildman–Crippen LogP) is 2.35. The van der Waals surface area contributed by atoms with Crippen LogP contribution in [0.5, 0.6) is 0 Å². The van der Waals surface area contributed by atoms with E-state index in [0.29, 0.717) is 0 Å². The summed E-state index contributed by atoms with van der Waals surface area (Å²) in [7, 11) is 0. The molecule has 0 unspecified atom stereocenters. The molecule has 0 amide bonds. The number of nitrogens with one attached hydrogen (secondary N) is 1. The summed E-state index contributed by atoms with van der Waals surface area (Å²) >= 11 is 1.55. The number of carbonyl (C=O) groups excluding carboxylic acids is 1. The smallest absolute Gasteiger partial charge is 0.348 e. The molecule has 0 aromatic carbocycles. The highest BCUT2D eigenvalue weighted by molar-refractivity contribution is 7.14. The van der Waals surface area contributed by atoms with Crippen molar-refractivity contribution in [3.05, 3.63) is 21.4 Å². The average molecular weight is 239 g/mol. The number of thiophene rings is 1. The van der Waals surface area contributed by atoms with Crippen molar-refractivity contribution in [2.45, 2.75) is 39.3 Å². The van der Waals surface area contributed by atoms with Crippen molar-refractivity contribution in [1.29, 1.82) is 0 Å². The normalized spacial score (nSPS) is 15.7. The van der Waals surface area contributed by atoms with E-state index in [0.717, 1.165) is 24.4 Å². The lowest BCUT2D eigenvalue weighted by molar-refractivity contribution is 0.00752. The van der Waals surface area contributed by atoms with Gasteiger partial charge in [0.1, 0.15) is 10.5 Å². The first-order valence-electron chi connectivity index (χ1n) is 5.51. The monoisotopic (exact) mass is 239 g/mol. The Bertz CT molecular complexity index is 380. The van der Waals surface area contributed by atoms with Gasteiger partial charge >= 0.3 is 5.97 Å². The van der Waals surface area contributed by atoms with E-state index in [9.17, 15) is 4.79 Å². The highest BCUT2D eigenvalue weighted by Crippen LogP contribution is 2.26. The fraction of sp³-hybridized carbons (Fsp3) is 0.583. The van der Waals surface area contributed by atoms with Crippen molar-refractivity contribution < 1.29 is 9.53 Å². The predicted molar refractivity (Wildman–Crippen MR) is 64.9 cm³/mol. The molecule has 1 aromatic heterocycles. The van der Waals surface area contributed by atoms with Gasteiger partial charge in [0.15, 0.2) is 0 Å². The number of ether oxygens (including phenoxy) is 1. The van der Waals surface area contributed by atoms with E-state index in [4.69, 9.17) is 4.74 Å². The fourth-order valence-electron chi connectivity index (χ4n) is 1.68. The second-order valence-electron chi connectivity index (χ2n) is 4.99. The zero-order valence-electron chi connectivity index (χ0n) is 9.92. The fourth-order valence-corrected chi connectivity index (χ4v) is 2.74. The number of carbonyl (C=O) groups is 1. The van der Waals surface area contributed by atoms with Gasteiger partial charge in [-0.1, -0.05) is 0 Å². The summed E-state index contributed by atoms with van der Waals surface area (Å²) in [6, 6.07) is 1.98. The highest BCUT2D eigenvalue weighted by Gasteiger charge is 2.22. The molecule has 0 atom stereocenters. The molecule has 0 radical (unpaired) electrons. The molecule has 0 fully saturated rings. The maximum absolute atomic E-state index is 11.8. The van der Waals surface area contributed by atoms with Gasteiger partial charge in [-0.3, -0.25) is 0 Å². The summed E-state index contributed by atoms with van der Waals surface area (Å²) in [5, 5.41) is 3.30. The van der Waals surface area contributed by atoms with E-state index in [2.05, 4.69) is 5.32 Å². The van der Waals surface area contributed by atoms with Crippen LogP contribution in [-0.4, -0.2) is 18.1 Å². The second-order valence-corrected chi connectivity index (χ2v) is 6.12.